The Kier molecular flexibility index (Phi) is 4.33. The Bertz CT molecular complexity index is 594. The number of benzene rings is 2. The molecule has 0 aliphatic rings. The number of rotatable bonds is 4. The first-order valence-corrected chi connectivity index (χ1v) is 6.82. The number of hydrogen-bond donors (Lipinski definition) is 0. The summed E-state index contributed by atoms with van der Waals surface area (Å²) in [5.74, 6) is -0.0286. The SMILES string of the molecule is Cc1cc(C)cc(C(=O)C[C@H](C)c2ccc(F)cc2)c1. The van der Waals surface area contributed by atoms with Crippen molar-refractivity contribution < 1.29 is 9.18 Å². The summed E-state index contributed by atoms with van der Waals surface area (Å²) in [7, 11) is 0. The van der Waals surface area contributed by atoms with E-state index in [1.807, 2.05) is 32.9 Å². The van der Waals surface area contributed by atoms with E-state index < -0.39 is 0 Å². The first kappa shape index (κ1) is 14.4. The van der Waals surface area contributed by atoms with E-state index in [0.29, 0.717) is 6.42 Å². The number of aryl methyl sites for hydroxylation is 2. The third-order valence-electron chi connectivity index (χ3n) is 3.47. The predicted octanol–water partition coefficient (Wildman–Crippen LogP) is 4.82. The van der Waals surface area contributed by atoms with Gasteiger partial charge in [-0.1, -0.05) is 36.2 Å². The van der Waals surface area contributed by atoms with Crippen LogP contribution in [0.15, 0.2) is 42.5 Å². The van der Waals surface area contributed by atoms with E-state index in [-0.39, 0.29) is 17.5 Å². The molecule has 0 amide bonds. The zero-order chi connectivity index (χ0) is 14.7. The van der Waals surface area contributed by atoms with E-state index >= 15 is 0 Å². The molecule has 1 nitrogen and oxygen atoms in total. The van der Waals surface area contributed by atoms with Crippen LogP contribution in [0.1, 0.15) is 46.3 Å². The molecular weight excluding hydrogens is 251 g/mol. The molecule has 2 heteroatoms. The van der Waals surface area contributed by atoms with Gasteiger partial charge in [0.15, 0.2) is 5.78 Å². The van der Waals surface area contributed by atoms with Crippen molar-refractivity contribution in [3.63, 3.8) is 0 Å². The highest BCUT2D eigenvalue weighted by molar-refractivity contribution is 5.96. The summed E-state index contributed by atoms with van der Waals surface area (Å²) in [5.41, 5.74) is 3.95. The fourth-order valence-corrected chi connectivity index (χ4v) is 2.44. The second kappa shape index (κ2) is 6.00. The topological polar surface area (TPSA) is 17.1 Å². The van der Waals surface area contributed by atoms with Gasteiger partial charge in [0.2, 0.25) is 0 Å². The Labute approximate surface area is 119 Å². The Balaban J connectivity index is 2.12. The smallest absolute Gasteiger partial charge is 0.163 e. The van der Waals surface area contributed by atoms with E-state index in [2.05, 4.69) is 6.07 Å². The lowest BCUT2D eigenvalue weighted by molar-refractivity contribution is 0.0975. The molecule has 2 aromatic rings. The summed E-state index contributed by atoms with van der Waals surface area (Å²) in [6, 6.07) is 12.3. The third kappa shape index (κ3) is 3.53. The van der Waals surface area contributed by atoms with Gasteiger partial charge in [0.25, 0.3) is 0 Å². The van der Waals surface area contributed by atoms with Gasteiger partial charge in [-0.05, 0) is 49.6 Å². The van der Waals surface area contributed by atoms with Crippen molar-refractivity contribution >= 4 is 5.78 Å². The van der Waals surface area contributed by atoms with Crippen LogP contribution in [0, 0.1) is 19.7 Å². The Hall–Kier alpha value is -1.96. The van der Waals surface area contributed by atoms with Crippen molar-refractivity contribution in [3.05, 3.63) is 70.5 Å². The molecule has 0 aliphatic carbocycles. The van der Waals surface area contributed by atoms with Crippen molar-refractivity contribution in [2.24, 2.45) is 0 Å². The molecule has 0 aliphatic heterocycles. The van der Waals surface area contributed by atoms with E-state index in [1.54, 1.807) is 12.1 Å². The van der Waals surface area contributed by atoms with Crippen LogP contribution in [-0.2, 0) is 0 Å². The van der Waals surface area contributed by atoms with E-state index in [4.69, 9.17) is 0 Å². The maximum Gasteiger partial charge on any atom is 0.163 e. The van der Waals surface area contributed by atoms with Gasteiger partial charge in [-0.3, -0.25) is 4.79 Å². The molecule has 0 heterocycles. The van der Waals surface area contributed by atoms with E-state index in [9.17, 15) is 9.18 Å². The molecule has 1 atom stereocenters. The van der Waals surface area contributed by atoms with Crippen LogP contribution in [0.4, 0.5) is 4.39 Å². The first-order chi connectivity index (χ1) is 9.45. The number of Topliss-reactive ketones (excluding diaryl/α,β-unsaturated/α-hetero) is 1. The summed E-state index contributed by atoms with van der Waals surface area (Å²) < 4.78 is 12.9. The van der Waals surface area contributed by atoms with Crippen LogP contribution in [-0.4, -0.2) is 5.78 Å². The molecule has 0 spiro atoms. The van der Waals surface area contributed by atoms with Crippen LogP contribution in [0.25, 0.3) is 0 Å². The van der Waals surface area contributed by atoms with Crippen LogP contribution in [0.2, 0.25) is 0 Å². The lowest BCUT2D eigenvalue weighted by atomic mass is 9.92. The fourth-order valence-electron chi connectivity index (χ4n) is 2.44. The van der Waals surface area contributed by atoms with Gasteiger partial charge in [-0.2, -0.15) is 0 Å². The normalized spacial score (nSPS) is 12.2. The molecule has 2 aromatic carbocycles. The van der Waals surface area contributed by atoms with Gasteiger partial charge in [0.05, 0.1) is 0 Å². The molecule has 0 radical (unpaired) electrons. The fraction of sp³-hybridized carbons (Fsp3) is 0.278. The molecule has 0 saturated heterocycles. The second-order valence-corrected chi connectivity index (χ2v) is 5.46. The minimum atomic E-state index is -0.249. The predicted molar refractivity (Wildman–Crippen MR) is 79.7 cm³/mol. The summed E-state index contributed by atoms with van der Waals surface area (Å²) >= 11 is 0. The highest BCUT2D eigenvalue weighted by Crippen LogP contribution is 2.22. The molecule has 2 rings (SSSR count). The van der Waals surface area contributed by atoms with Crippen molar-refractivity contribution in [1.29, 1.82) is 0 Å². The van der Waals surface area contributed by atoms with Crippen LogP contribution in [0.3, 0.4) is 0 Å². The standard InChI is InChI=1S/C18H19FO/c1-12-8-13(2)10-16(9-12)18(20)11-14(3)15-4-6-17(19)7-5-15/h4-10,14H,11H2,1-3H3/t14-/m0/s1. The van der Waals surface area contributed by atoms with Gasteiger partial charge >= 0.3 is 0 Å². The Morgan fingerprint density at radius 2 is 1.60 bits per heavy atom. The molecule has 0 fully saturated rings. The lowest BCUT2D eigenvalue weighted by Gasteiger charge is -2.12. The van der Waals surface area contributed by atoms with Crippen molar-refractivity contribution in [2.45, 2.75) is 33.1 Å². The molecule has 0 N–H and O–H groups in total. The zero-order valence-electron chi connectivity index (χ0n) is 12.1. The zero-order valence-corrected chi connectivity index (χ0v) is 12.1. The minimum Gasteiger partial charge on any atom is -0.294 e. The largest absolute Gasteiger partial charge is 0.294 e. The van der Waals surface area contributed by atoms with Gasteiger partial charge in [0.1, 0.15) is 5.82 Å². The highest BCUT2D eigenvalue weighted by atomic mass is 19.1. The van der Waals surface area contributed by atoms with Crippen molar-refractivity contribution in [1.82, 2.24) is 0 Å². The number of hydrogen-bond acceptors (Lipinski definition) is 1. The molecule has 0 saturated carbocycles. The average Bonchev–Trinajstić information content (AvgIpc) is 2.38. The first-order valence-electron chi connectivity index (χ1n) is 6.82. The average molecular weight is 270 g/mol. The Morgan fingerprint density at radius 3 is 2.15 bits per heavy atom. The van der Waals surface area contributed by atoms with Crippen molar-refractivity contribution in [3.8, 4) is 0 Å². The van der Waals surface area contributed by atoms with Crippen molar-refractivity contribution in [2.75, 3.05) is 0 Å². The molecule has 0 bridgehead atoms. The lowest BCUT2D eigenvalue weighted by Crippen LogP contribution is -2.06. The maximum absolute atomic E-state index is 12.9. The highest BCUT2D eigenvalue weighted by Gasteiger charge is 2.13. The molecule has 104 valence electrons. The van der Waals surface area contributed by atoms with Gasteiger partial charge < -0.3 is 0 Å². The summed E-state index contributed by atoms with van der Waals surface area (Å²) in [5, 5.41) is 0. The third-order valence-corrected chi connectivity index (χ3v) is 3.47. The summed E-state index contributed by atoms with van der Waals surface area (Å²) in [6.45, 7) is 5.98. The summed E-state index contributed by atoms with van der Waals surface area (Å²) in [4.78, 5) is 12.3. The summed E-state index contributed by atoms with van der Waals surface area (Å²) in [6.07, 6.45) is 0.439. The van der Waals surface area contributed by atoms with Crippen LogP contribution < -0.4 is 0 Å². The molecule has 0 aromatic heterocycles. The number of halogens is 1. The molecule has 0 unspecified atom stereocenters. The van der Waals surface area contributed by atoms with E-state index in [1.165, 1.54) is 12.1 Å². The molecule has 20 heavy (non-hydrogen) atoms. The van der Waals surface area contributed by atoms with E-state index in [0.717, 1.165) is 22.3 Å². The molecular formula is C18H19FO. The monoisotopic (exact) mass is 270 g/mol. The Morgan fingerprint density at radius 1 is 1.05 bits per heavy atom. The van der Waals surface area contributed by atoms with Crippen LogP contribution in [0.5, 0.6) is 0 Å². The minimum absolute atomic E-state index is 0.0870. The van der Waals surface area contributed by atoms with Gasteiger partial charge in [0, 0.05) is 12.0 Å². The van der Waals surface area contributed by atoms with Crippen LogP contribution >= 0.6 is 0 Å². The maximum atomic E-state index is 12.9. The van der Waals surface area contributed by atoms with Gasteiger partial charge in [-0.25, -0.2) is 4.39 Å². The number of ketones is 1. The van der Waals surface area contributed by atoms with Gasteiger partial charge in [-0.15, -0.1) is 0 Å². The number of carbonyl (C=O) groups is 1. The quantitative estimate of drug-likeness (QED) is 0.728. The second-order valence-electron chi connectivity index (χ2n) is 5.46. The number of carbonyl (C=O) groups excluding carboxylic acids is 1.